The standard InChI is InChI=1S/C13H18N6O4/c1-3-17-8-10(7-15-17)6-14-12(20)4-5-18-9-11(19(21)22)13(16-18)23-2/h7-9H,3-6H2,1-2H3,(H,14,20). The number of hydrogen-bond donors (Lipinski definition) is 1. The molecule has 10 heteroatoms. The molecule has 0 aliphatic rings. The van der Waals surface area contributed by atoms with Gasteiger partial charge < -0.3 is 10.1 Å². The lowest BCUT2D eigenvalue weighted by atomic mass is 10.3. The molecule has 0 atom stereocenters. The minimum absolute atomic E-state index is 0.0672. The number of ether oxygens (including phenoxy) is 1. The highest BCUT2D eigenvalue weighted by molar-refractivity contribution is 5.75. The van der Waals surface area contributed by atoms with Crippen LogP contribution in [0.1, 0.15) is 18.9 Å². The fraction of sp³-hybridized carbons (Fsp3) is 0.462. The van der Waals surface area contributed by atoms with Crippen molar-refractivity contribution < 1.29 is 14.5 Å². The summed E-state index contributed by atoms with van der Waals surface area (Å²) >= 11 is 0. The predicted octanol–water partition coefficient (Wildman–Crippen LogP) is 0.723. The topological polar surface area (TPSA) is 117 Å². The van der Waals surface area contributed by atoms with Crippen molar-refractivity contribution in [2.45, 2.75) is 33.0 Å². The first-order valence-electron chi connectivity index (χ1n) is 7.07. The zero-order valence-corrected chi connectivity index (χ0v) is 12.9. The van der Waals surface area contributed by atoms with E-state index in [4.69, 9.17) is 4.74 Å². The van der Waals surface area contributed by atoms with E-state index in [1.807, 2.05) is 13.1 Å². The van der Waals surface area contributed by atoms with Gasteiger partial charge in [-0.2, -0.15) is 5.10 Å². The highest BCUT2D eigenvalue weighted by atomic mass is 16.6. The number of aryl methyl sites for hydroxylation is 2. The van der Waals surface area contributed by atoms with Crippen molar-refractivity contribution in [2.24, 2.45) is 0 Å². The van der Waals surface area contributed by atoms with Crippen molar-refractivity contribution in [3.8, 4) is 5.88 Å². The molecule has 0 bridgehead atoms. The van der Waals surface area contributed by atoms with Crippen molar-refractivity contribution >= 4 is 11.6 Å². The zero-order chi connectivity index (χ0) is 16.8. The molecule has 0 spiro atoms. The van der Waals surface area contributed by atoms with E-state index < -0.39 is 4.92 Å². The van der Waals surface area contributed by atoms with E-state index in [-0.39, 0.29) is 30.4 Å². The minimum Gasteiger partial charge on any atom is -0.475 e. The average molecular weight is 322 g/mol. The van der Waals surface area contributed by atoms with Crippen molar-refractivity contribution in [3.05, 3.63) is 34.3 Å². The minimum atomic E-state index is -0.576. The van der Waals surface area contributed by atoms with Crippen LogP contribution in [0.4, 0.5) is 5.69 Å². The second kappa shape index (κ2) is 7.38. The van der Waals surface area contributed by atoms with Crippen molar-refractivity contribution in [2.75, 3.05) is 7.11 Å². The Balaban J connectivity index is 1.83. The quantitative estimate of drug-likeness (QED) is 0.565. The van der Waals surface area contributed by atoms with E-state index in [1.165, 1.54) is 18.0 Å². The van der Waals surface area contributed by atoms with Gasteiger partial charge in [-0.1, -0.05) is 0 Å². The van der Waals surface area contributed by atoms with Crippen LogP contribution in [0.25, 0.3) is 0 Å². The molecule has 0 unspecified atom stereocenters. The number of nitrogens with one attached hydrogen (secondary N) is 1. The molecular weight excluding hydrogens is 304 g/mol. The molecule has 1 N–H and O–H groups in total. The Hall–Kier alpha value is -2.91. The number of rotatable bonds is 8. The van der Waals surface area contributed by atoms with E-state index in [0.29, 0.717) is 6.54 Å². The summed E-state index contributed by atoms with van der Waals surface area (Å²) in [6.07, 6.45) is 4.97. The normalized spacial score (nSPS) is 10.5. The average Bonchev–Trinajstić information content (AvgIpc) is 3.17. The Morgan fingerprint density at radius 1 is 1.43 bits per heavy atom. The molecule has 2 heterocycles. The van der Waals surface area contributed by atoms with Crippen molar-refractivity contribution in [1.82, 2.24) is 24.9 Å². The van der Waals surface area contributed by atoms with Gasteiger partial charge in [0.2, 0.25) is 5.91 Å². The zero-order valence-electron chi connectivity index (χ0n) is 12.9. The first-order valence-corrected chi connectivity index (χ1v) is 7.07. The molecule has 0 fully saturated rings. The van der Waals surface area contributed by atoms with Crippen molar-refractivity contribution in [3.63, 3.8) is 0 Å². The summed E-state index contributed by atoms with van der Waals surface area (Å²) in [4.78, 5) is 22.0. The van der Waals surface area contributed by atoms with Crippen LogP contribution < -0.4 is 10.1 Å². The summed E-state index contributed by atoms with van der Waals surface area (Å²) < 4.78 is 7.93. The maximum atomic E-state index is 11.8. The molecule has 0 saturated carbocycles. The molecule has 0 aromatic carbocycles. The Kier molecular flexibility index (Phi) is 5.28. The number of carbonyl (C=O) groups is 1. The van der Waals surface area contributed by atoms with Gasteiger partial charge in [0.15, 0.2) is 0 Å². The van der Waals surface area contributed by atoms with Gasteiger partial charge >= 0.3 is 11.6 Å². The van der Waals surface area contributed by atoms with E-state index in [0.717, 1.165) is 12.1 Å². The summed E-state index contributed by atoms with van der Waals surface area (Å²) in [5, 5.41) is 21.6. The molecule has 2 aromatic rings. The summed E-state index contributed by atoms with van der Waals surface area (Å²) in [6, 6.07) is 0. The third-order valence-electron chi connectivity index (χ3n) is 3.17. The van der Waals surface area contributed by atoms with Crippen LogP contribution in [0.15, 0.2) is 18.6 Å². The van der Waals surface area contributed by atoms with E-state index in [9.17, 15) is 14.9 Å². The summed E-state index contributed by atoms with van der Waals surface area (Å²) in [5.41, 5.74) is 0.691. The number of nitro groups is 1. The fourth-order valence-electron chi connectivity index (χ4n) is 1.95. The van der Waals surface area contributed by atoms with Crippen LogP contribution in [-0.2, 0) is 24.4 Å². The van der Waals surface area contributed by atoms with Gasteiger partial charge in [-0.05, 0) is 6.92 Å². The smallest absolute Gasteiger partial charge is 0.350 e. The third kappa shape index (κ3) is 4.28. The Morgan fingerprint density at radius 3 is 2.78 bits per heavy atom. The second-order valence-electron chi connectivity index (χ2n) is 4.77. The molecule has 10 nitrogen and oxygen atoms in total. The predicted molar refractivity (Wildman–Crippen MR) is 79.8 cm³/mol. The first-order chi connectivity index (χ1) is 11.0. The maximum Gasteiger partial charge on any atom is 0.350 e. The van der Waals surface area contributed by atoms with Crippen LogP contribution >= 0.6 is 0 Å². The fourth-order valence-corrected chi connectivity index (χ4v) is 1.95. The third-order valence-corrected chi connectivity index (χ3v) is 3.17. The highest BCUT2D eigenvalue weighted by Crippen LogP contribution is 2.23. The van der Waals surface area contributed by atoms with Crippen LogP contribution in [0.3, 0.4) is 0 Å². The largest absolute Gasteiger partial charge is 0.475 e. The number of hydrogen-bond acceptors (Lipinski definition) is 6. The lowest BCUT2D eigenvalue weighted by Gasteiger charge is -2.03. The summed E-state index contributed by atoms with van der Waals surface area (Å²) in [5.74, 6) is -0.242. The number of methoxy groups -OCH3 is 1. The molecule has 0 saturated heterocycles. The monoisotopic (exact) mass is 322 g/mol. The van der Waals surface area contributed by atoms with Crippen LogP contribution in [0.5, 0.6) is 5.88 Å². The van der Waals surface area contributed by atoms with Gasteiger partial charge in [-0.15, -0.1) is 5.10 Å². The highest BCUT2D eigenvalue weighted by Gasteiger charge is 2.20. The molecule has 0 aliphatic heterocycles. The number of nitrogens with zero attached hydrogens (tertiary/aromatic N) is 5. The summed E-state index contributed by atoms with van der Waals surface area (Å²) in [7, 11) is 1.31. The van der Waals surface area contributed by atoms with Crippen molar-refractivity contribution in [1.29, 1.82) is 0 Å². The van der Waals surface area contributed by atoms with Gasteiger partial charge in [-0.25, -0.2) is 0 Å². The lowest BCUT2D eigenvalue weighted by molar-refractivity contribution is -0.385. The molecular formula is C13H18N6O4. The van der Waals surface area contributed by atoms with Gasteiger partial charge in [0, 0.05) is 31.3 Å². The maximum absolute atomic E-state index is 11.8. The Morgan fingerprint density at radius 2 is 2.22 bits per heavy atom. The van der Waals surface area contributed by atoms with Gasteiger partial charge in [-0.3, -0.25) is 24.3 Å². The first kappa shape index (κ1) is 16.5. The molecule has 2 rings (SSSR count). The van der Waals surface area contributed by atoms with E-state index in [1.54, 1.807) is 10.9 Å². The number of carbonyl (C=O) groups excluding carboxylic acids is 1. The molecule has 0 radical (unpaired) electrons. The molecule has 0 aliphatic carbocycles. The van der Waals surface area contributed by atoms with Crippen LogP contribution in [0, 0.1) is 10.1 Å². The molecule has 1 amide bonds. The van der Waals surface area contributed by atoms with Gasteiger partial charge in [0.25, 0.3) is 0 Å². The van der Waals surface area contributed by atoms with Crippen LogP contribution in [0.2, 0.25) is 0 Å². The Bertz CT molecular complexity index is 692. The van der Waals surface area contributed by atoms with E-state index >= 15 is 0 Å². The SMILES string of the molecule is CCn1cc(CNC(=O)CCn2cc([N+](=O)[O-])c(OC)n2)cn1. The van der Waals surface area contributed by atoms with E-state index in [2.05, 4.69) is 15.5 Å². The number of aromatic nitrogens is 4. The summed E-state index contributed by atoms with van der Waals surface area (Å²) in [6.45, 7) is 3.37. The Labute approximate surface area is 132 Å². The van der Waals surface area contributed by atoms with Gasteiger partial charge in [0.05, 0.1) is 24.8 Å². The molecule has 23 heavy (non-hydrogen) atoms. The lowest BCUT2D eigenvalue weighted by Crippen LogP contribution is -2.23. The number of amides is 1. The molecule has 124 valence electrons. The second-order valence-corrected chi connectivity index (χ2v) is 4.77. The van der Waals surface area contributed by atoms with Crippen LogP contribution in [-0.4, -0.2) is 37.5 Å². The van der Waals surface area contributed by atoms with Gasteiger partial charge in [0.1, 0.15) is 6.20 Å². The molecule has 2 aromatic heterocycles.